The summed E-state index contributed by atoms with van der Waals surface area (Å²) >= 11 is 9.14. The highest BCUT2D eigenvalue weighted by Gasteiger charge is 2.05. The Morgan fingerprint density at radius 2 is 2.00 bits per heavy atom. The van der Waals surface area contributed by atoms with E-state index in [1.807, 2.05) is 18.2 Å². The van der Waals surface area contributed by atoms with Gasteiger partial charge in [0.05, 0.1) is 5.69 Å². The van der Waals surface area contributed by atoms with Gasteiger partial charge in [-0.15, -0.1) is 0 Å². The predicted octanol–water partition coefficient (Wildman–Crippen LogP) is 4.14. The van der Waals surface area contributed by atoms with Crippen LogP contribution in [0, 0.1) is 0 Å². The van der Waals surface area contributed by atoms with Gasteiger partial charge in [0, 0.05) is 15.7 Å². The highest BCUT2D eigenvalue weighted by molar-refractivity contribution is 9.10. The Hall–Kier alpha value is -1.59. The van der Waals surface area contributed by atoms with Crippen LogP contribution in [0.2, 0.25) is 5.02 Å². The molecule has 0 atom stereocenters. The first kappa shape index (κ1) is 12.9. The maximum atomic E-state index is 11.7. The lowest BCUT2D eigenvalue weighted by molar-refractivity contribution is 0.262. The smallest absolute Gasteiger partial charge is 0.307 e. The Morgan fingerprint density at radius 1 is 1.22 bits per heavy atom. The number of pyridine rings is 1. The molecule has 2 N–H and O–H groups in total. The lowest BCUT2D eigenvalue weighted by Gasteiger charge is -2.08. The average Bonchev–Trinajstić information content (AvgIpc) is 2.32. The van der Waals surface area contributed by atoms with Crippen molar-refractivity contribution < 1.29 is 4.79 Å². The summed E-state index contributed by atoms with van der Waals surface area (Å²) in [6.07, 6.45) is 1.52. The van der Waals surface area contributed by atoms with E-state index >= 15 is 0 Å². The minimum absolute atomic E-state index is 0.378. The molecule has 0 aliphatic carbocycles. The molecule has 0 radical (unpaired) electrons. The van der Waals surface area contributed by atoms with Crippen LogP contribution < -0.4 is 10.6 Å². The van der Waals surface area contributed by atoms with Crippen molar-refractivity contribution in [3.05, 3.63) is 52.1 Å². The molecule has 1 heterocycles. The number of rotatable bonds is 2. The predicted molar refractivity (Wildman–Crippen MR) is 76.0 cm³/mol. The summed E-state index contributed by atoms with van der Waals surface area (Å²) in [5, 5.41) is 5.81. The third-order valence-electron chi connectivity index (χ3n) is 2.09. The Labute approximate surface area is 118 Å². The van der Waals surface area contributed by atoms with Crippen LogP contribution in [0.5, 0.6) is 0 Å². The van der Waals surface area contributed by atoms with Gasteiger partial charge in [-0.3, -0.25) is 5.32 Å². The number of amides is 2. The van der Waals surface area contributed by atoms with Gasteiger partial charge in [0.2, 0.25) is 0 Å². The van der Waals surface area contributed by atoms with Crippen molar-refractivity contribution in [3.8, 4) is 0 Å². The van der Waals surface area contributed by atoms with Crippen molar-refractivity contribution in [1.29, 1.82) is 0 Å². The van der Waals surface area contributed by atoms with E-state index in [1.165, 1.54) is 6.20 Å². The van der Waals surface area contributed by atoms with Crippen molar-refractivity contribution in [2.24, 2.45) is 0 Å². The lowest BCUT2D eigenvalue weighted by Crippen LogP contribution is -2.20. The molecule has 6 heteroatoms. The first-order valence-electron chi connectivity index (χ1n) is 5.09. The van der Waals surface area contributed by atoms with Crippen LogP contribution in [0.3, 0.4) is 0 Å². The molecule has 0 saturated carbocycles. The monoisotopic (exact) mass is 325 g/mol. The standard InChI is InChI=1S/C12H9BrClN3O/c13-9-3-1-2-4-10(9)16-12(18)17-11-7-8(14)5-6-15-11/h1-7H,(H2,15,16,17,18). The number of carbonyl (C=O) groups excluding carboxylic acids is 1. The van der Waals surface area contributed by atoms with Crippen LogP contribution in [-0.2, 0) is 0 Å². The number of halogens is 2. The molecule has 2 amide bonds. The fourth-order valence-electron chi connectivity index (χ4n) is 1.31. The third-order valence-corrected chi connectivity index (χ3v) is 3.01. The Morgan fingerprint density at radius 3 is 2.72 bits per heavy atom. The van der Waals surface area contributed by atoms with E-state index in [-0.39, 0.29) is 6.03 Å². The molecule has 1 aromatic carbocycles. The molecule has 4 nitrogen and oxygen atoms in total. The summed E-state index contributed by atoms with van der Waals surface area (Å²) < 4.78 is 0.805. The molecule has 0 unspecified atom stereocenters. The summed E-state index contributed by atoms with van der Waals surface area (Å²) in [6, 6.07) is 10.2. The topological polar surface area (TPSA) is 54.0 Å². The van der Waals surface area contributed by atoms with Crippen LogP contribution in [0.1, 0.15) is 0 Å². The second-order valence-electron chi connectivity index (χ2n) is 3.42. The minimum Gasteiger partial charge on any atom is -0.307 e. The summed E-state index contributed by atoms with van der Waals surface area (Å²) in [5.74, 6) is 0.395. The molecular formula is C12H9BrClN3O. The Balaban J connectivity index is 2.03. The van der Waals surface area contributed by atoms with Crippen molar-refractivity contribution in [1.82, 2.24) is 4.98 Å². The van der Waals surface area contributed by atoms with E-state index in [1.54, 1.807) is 18.2 Å². The number of nitrogens with one attached hydrogen (secondary N) is 2. The van der Waals surface area contributed by atoms with E-state index in [4.69, 9.17) is 11.6 Å². The van der Waals surface area contributed by atoms with Gasteiger partial charge in [0.25, 0.3) is 0 Å². The Kier molecular flexibility index (Phi) is 4.17. The van der Waals surface area contributed by atoms with Crippen molar-refractivity contribution >= 4 is 45.1 Å². The van der Waals surface area contributed by atoms with E-state index in [0.29, 0.717) is 16.5 Å². The molecule has 0 aliphatic heterocycles. The molecule has 2 rings (SSSR count). The second-order valence-corrected chi connectivity index (χ2v) is 4.71. The van der Waals surface area contributed by atoms with Gasteiger partial charge < -0.3 is 5.32 Å². The summed E-state index contributed by atoms with van der Waals surface area (Å²) in [6.45, 7) is 0. The number of para-hydroxylation sites is 1. The van der Waals surface area contributed by atoms with Gasteiger partial charge in [-0.25, -0.2) is 9.78 Å². The van der Waals surface area contributed by atoms with Crippen LogP contribution in [0.25, 0.3) is 0 Å². The maximum absolute atomic E-state index is 11.7. The zero-order chi connectivity index (χ0) is 13.0. The molecule has 1 aromatic heterocycles. The van der Waals surface area contributed by atoms with Gasteiger partial charge >= 0.3 is 6.03 Å². The molecule has 0 fully saturated rings. The van der Waals surface area contributed by atoms with E-state index in [2.05, 4.69) is 31.5 Å². The molecule has 0 aliphatic rings. The van der Waals surface area contributed by atoms with Gasteiger partial charge in [-0.2, -0.15) is 0 Å². The molecule has 0 spiro atoms. The molecule has 2 aromatic rings. The normalized spacial score (nSPS) is 9.89. The zero-order valence-electron chi connectivity index (χ0n) is 9.15. The first-order valence-corrected chi connectivity index (χ1v) is 6.26. The number of urea groups is 1. The molecule has 0 bridgehead atoms. The largest absolute Gasteiger partial charge is 0.324 e. The quantitative estimate of drug-likeness (QED) is 0.871. The van der Waals surface area contributed by atoms with Crippen molar-refractivity contribution in [2.45, 2.75) is 0 Å². The number of hydrogen-bond donors (Lipinski definition) is 2. The Bertz CT molecular complexity index is 577. The average molecular weight is 327 g/mol. The number of benzene rings is 1. The number of aromatic nitrogens is 1. The fraction of sp³-hybridized carbons (Fsp3) is 0. The molecular weight excluding hydrogens is 318 g/mol. The van der Waals surface area contributed by atoms with E-state index < -0.39 is 0 Å². The summed E-state index contributed by atoms with van der Waals surface area (Å²) in [5.41, 5.74) is 0.678. The van der Waals surface area contributed by atoms with Gasteiger partial charge in [-0.1, -0.05) is 23.7 Å². The van der Waals surface area contributed by atoms with E-state index in [0.717, 1.165) is 4.47 Å². The number of hydrogen-bond acceptors (Lipinski definition) is 2. The van der Waals surface area contributed by atoms with Gasteiger partial charge in [0.1, 0.15) is 5.82 Å². The van der Waals surface area contributed by atoms with Crippen LogP contribution >= 0.6 is 27.5 Å². The lowest BCUT2D eigenvalue weighted by atomic mass is 10.3. The van der Waals surface area contributed by atoms with Crippen LogP contribution in [0.4, 0.5) is 16.3 Å². The number of anilines is 2. The summed E-state index contributed by atoms with van der Waals surface area (Å²) in [4.78, 5) is 15.7. The molecule has 18 heavy (non-hydrogen) atoms. The molecule has 92 valence electrons. The highest BCUT2D eigenvalue weighted by atomic mass is 79.9. The SMILES string of the molecule is O=C(Nc1cc(Cl)ccn1)Nc1ccccc1Br. The molecule has 0 saturated heterocycles. The van der Waals surface area contributed by atoms with Crippen LogP contribution in [0.15, 0.2) is 47.1 Å². The fourth-order valence-corrected chi connectivity index (χ4v) is 1.85. The minimum atomic E-state index is -0.378. The second kappa shape index (κ2) is 5.84. The number of nitrogens with zero attached hydrogens (tertiary/aromatic N) is 1. The third kappa shape index (κ3) is 3.45. The van der Waals surface area contributed by atoms with Crippen molar-refractivity contribution in [2.75, 3.05) is 10.6 Å². The zero-order valence-corrected chi connectivity index (χ0v) is 11.5. The van der Waals surface area contributed by atoms with Gasteiger partial charge in [-0.05, 0) is 40.2 Å². The number of carbonyl (C=O) groups is 1. The van der Waals surface area contributed by atoms with Crippen LogP contribution in [-0.4, -0.2) is 11.0 Å². The van der Waals surface area contributed by atoms with E-state index in [9.17, 15) is 4.79 Å². The first-order chi connectivity index (χ1) is 8.65. The summed E-state index contributed by atoms with van der Waals surface area (Å²) in [7, 11) is 0. The van der Waals surface area contributed by atoms with Crippen molar-refractivity contribution in [3.63, 3.8) is 0 Å². The highest BCUT2D eigenvalue weighted by Crippen LogP contribution is 2.21. The maximum Gasteiger partial charge on any atom is 0.324 e. The van der Waals surface area contributed by atoms with Gasteiger partial charge in [0.15, 0.2) is 0 Å².